The Morgan fingerprint density at radius 1 is 1.24 bits per heavy atom. The highest BCUT2D eigenvalue weighted by Crippen LogP contribution is 2.35. The molecule has 9 heteroatoms. The van der Waals surface area contributed by atoms with Crippen LogP contribution in [-0.4, -0.2) is 32.7 Å². The maximum atomic E-state index is 13.5. The Morgan fingerprint density at radius 3 is 2.76 bits per heavy atom. The van der Waals surface area contributed by atoms with Gasteiger partial charge in [0.15, 0.2) is 0 Å². The predicted octanol–water partition coefficient (Wildman–Crippen LogP) is 3.14. The Kier molecular flexibility index (Phi) is 4.94. The number of fused-ring (bicyclic) bond motifs is 1. The SMILES string of the molecule is CCOc1ccccc1NC(=O)C1=C(C)Nc2nnnn2C1c1ccc(F)cc1. The van der Waals surface area contributed by atoms with E-state index in [9.17, 15) is 9.18 Å². The van der Waals surface area contributed by atoms with Crippen LogP contribution in [0, 0.1) is 5.82 Å². The average Bonchev–Trinajstić information content (AvgIpc) is 3.17. The number of halogens is 1. The molecule has 1 aliphatic rings. The number of anilines is 2. The first-order valence-electron chi connectivity index (χ1n) is 9.12. The molecule has 8 nitrogen and oxygen atoms in total. The second-order valence-electron chi connectivity index (χ2n) is 6.45. The van der Waals surface area contributed by atoms with Crippen LogP contribution >= 0.6 is 0 Å². The van der Waals surface area contributed by atoms with Crippen molar-refractivity contribution in [1.29, 1.82) is 0 Å². The lowest BCUT2D eigenvalue weighted by Gasteiger charge is -2.28. The number of benzene rings is 2. The Hall–Kier alpha value is -3.75. The van der Waals surface area contributed by atoms with Gasteiger partial charge in [-0.3, -0.25) is 4.79 Å². The normalized spacial score (nSPS) is 15.5. The van der Waals surface area contributed by atoms with Gasteiger partial charge in [-0.2, -0.15) is 4.68 Å². The number of hydrogen-bond acceptors (Lipinski definition) is 6. The van der Waals surface area contributed by atoms with Gasteiger partial charge in [-0.05, 0) is 54.1 Å². The van der Waals surface area contributed by atoms with Crippen molar-refractivity contribution in [1.82, 2.24) is 20.2 Å². The molecule has 0 radical (unpaired) electrons. The fraction of sp³-hybridized carbons (Fsp3) is 0.200. The lowest BCUT2D eigenvalue weighted by atomic mass is 9.95. The summed E-state index contributed by atoms with van der Waals surface area (Å²) < 4.78 is 20.6. The maximum Gasteiger partial charge on any atom is 0.255 e. The Morgan fingerprint density at radius 2 is 2.00 bits per heavy atom. The van der Waals surface area contributed by atoms with Crippen molar-refractivity contribution in [2.24, 2.45) is 0 Å². The number of para-hydroxylation sites is 2. The third-order valence-electron chi connectivity index (χ3n) is 4.58. The standard InChI is InChI=1S/C20H19FN6O2/c1-3-29-16-7-5-4-6-15(16)23-19(28)17-12(2)22-20-24-25-26-27(20)18(17)13-8-10-14(21)11-9-13/h4-11,18H,3H2,1-2H3,(H,23,28)(H,22,24,26). The van der Waals surface area contributed by atoms with Gasteiger partial charge in [-0.25, -0.2) is 4.39 Å². The summed E-state index contributed by atoms with van der Waals surface area (Å²) in [7, 11) is 0. The average molecular weight is 394 g/mol. The zero-order chi connectivity index (χ0) is 20.4. The number of nitrogens with zero attached hydrogens (tertiary/aromatic N) is 4. The summed E-state index contributed by atoms with van der Waals surface area (Å²) in [5, 5.41) is 17.6. The number of nitrogens with one attached hydrogen (secondary N) is 2. The summed E-state index contributed by atoms with van der Waals surface area (Å²) >= 11 is 0. The molecule has 0 saturated heterocycles. The zero-order valence-electron chi connectivity index (χ0n) is 15.9. The first-order chi connectivity index (χ1) is 14.1. The van der Waals surface area contributed by atoms with E-state index in [1.54, 1.807) is 31.2 Å². The number of tetrazole rings is 1. The van der Waals surface area contributed by atoms with Crippen molar-refractivity contribution in [3.8, 4) is 5.75 Å². The van der Waals surface area contributed by atoms with Gasteiger partial charge in [0.25, 0.3) is 5.91 Å². The lowest BCUT2D eigenvalue weighted by Crippen LogP contribution is -2.31. The van der Waals surface area contributed by atoms with Gasteiger partial charge >= 0.3 is 0 Å². The van der Waals surface area contributed by atoms with Gasteiger partial charge in [0.1, 0.15) is 17.6 Å². The molecule has 0 saturated carbocycles. The largest absolute Gasteiger partial charge is 0.492 e. The Balaban J connectivity index is 1.74. The van der Waals surface area contributed by atoms with Crippen LogP contribution in [-0.2, 0) is 4.79 Å². The molecule has 1 amide bonds. The van der Waals surface area contributed by atoms with Crippen molar-refractivity contribution in [3.63, 3.8) is 0 Å². The molecule has 0 spiro atoms. The van der Waals surface area contributed by atoms with Crippen LogP contribution in [0.2, 0.25) is 0 Å². The van der Waals surface area contributed by atoms with Crippen LogP contribution in [0.1, 0.15) is 25.5 Å². The number of allylic oxidation sites excluding steroid dienone is 1. The van der Waals surface area contributed by atoms with Gasteiger partial charge in [0, 0.05) is 5.70 Å². The number of hydrogen-bond donors (Lipinski definition) is 2. The highest BCUT2D eigenvalue weighted by atomic mass is 19.1. The van der Waals surface area contributed by atoms with E-state index in [4.69, 9.17) is 4.74 Å². The second kappa shape index (κ2) is 7.70. The number of rotatable bonds is 5. The predicted molar refractivity (Wildman–Crippen MR) is 105 cm³/mol. The van der Waals surface area contributed by atoms with Gasteiger partial charge in [-0.15, -0.1) is 0 Å². The van der Waals surface area contributed by atoms with Crippen molar-refractivity contribution in [3.05, 3.63) is 71.2 Å². The number of aromatic nitrogens is 4. The molecular formula is C20H19FN6O2. The summed E-state index contributed by atoms with van der Waals surface area (Å²) in [6, 6.07) is 12.5. The van der Waals surface area contributed by atoms with E-state index >= 15 is 0 Å². The highest BCUT2D eigenvalue weighted by molar-refractivity contribution is 6.06. The molecule has 1 atom stereocenters. The molecule has 3 aromatic rings. The molecule has 1 unspecified atom stereocenters. The van der Waals surface area contributed by atoms with E-state index in [-0.39, 0.29) is 11.7 Å². The topological polar surface area (TPSA) is 94.0 Å². The monoisotopic (exact) mass is 394 g/mol. The van der Waals surface area contributed by atoms with E-state index in [0.717, 1.165) is 0 Å². The molecule has 29 heavy (non-hydrogen) atoms. The van der Waals surface area contributed by atoms with Crippen LogP contribution < -0.4 is 15.4 Å². The fourth-order valence-electron chi connectivity index (χ4n) is 3.30. The van der Waals surface area contributed by atoms with Crippen molar-refractivity contribution in [2.75, 3.05) is 17.2 Å². The summed E-state index contributed by atoms with van der Waals surface area (Å²) in [5.74, 6) is 0.282. The molecule has 0 fully saturated rings. The zero-order valence-corrected chi connectivity index (χ0v) is 15.9. The van der Waals surface area contributed by atoms with E-state index in [2.05, 4.69) is 26.2 Å². The first kappa shape index (κ1) is 18.6. The summed E-state index contributed by atoms with van der Waals surface area (Å²) in [6.45, 7) is 4.13. The summed E-state index contributed by atoms with van der Waals surface area (Å²) in [5.41, 5.74) is 2.26. The molecule has 2 heterocycles. The van der Waals surface area contributed by atoms with Crippen molar-refractivity contribution < 1.29 is 13.9 Å². The van der Waals surface area contributed by atoms with E-state index < -0.39 is 6.04 Å². The molecule has 2 aromatic carbocycles. The minimum Gasteiger partial charge on any atom is -0.492 e. The third-order valence-corrected chi connectivity index (χ3v) is 4.58. The van der Waals surface area contributed by atoms with Crippen molar-refractivity contribution in [2.45, 2.75) is 19.9 Å². The fourth-order valence-corrected chi connectivity index (χ4v) is 3.30. The lowest BCUT2D eigenvalue weighted by molar-refractivity contribution is -0.113. The molecule has 4 rings (SSSR count). The Labute approximate surface area is 166 Å². The second-order valence-corrected chi connectivity index (χ2v) is 6.45. The van der Waals surface area contributed by atoms with E-state index in [1.165, 1.54) is 16.8 Å². The van der Waals surface area contributed by atoms with Crippen LogP contribution in [0.15, 0.2) is 59.8 Å². The van der Waals surface area contributed by atoms with E-state index in [1.807, 2.05) is 19.1 Å². The van der Waals surface area contributed by atoms with Gasteiger partial charge in [0.05, 0.1) is 17.9 Å². The number of carbonyl (C=O) groups is 1. The first-order valence-corrected chi connectivity index (χ1v) is 9.12. The van der Waals surface area contributed by atoms with Crippen LogP contribution in [0.4, 0.5) is 16.0 Å². The molecule has 1 aliphatic heterocycles. The molecular weight excluding hydrogens is 375 g/mol. The minimum atomic E-state index is -0.610. The molecule has 0 bridgehead atoms. The maximum absolute atomic E-state index is 13.5. The van der Waals surface area contributed by atoms with Gasteiger partial charge in [-0.1, -0.05) is 29.4 Å². The molecule has 2 N–H and O–H groups in total. The highest BCUT2D eigenvalue weighted by Gasteiger charge is 2.34. The van der Waals surface area contributed by atoms with Crippen LogP contribution in [0.3, 0.4) is 0 Å². The number of amides is 1. The van der Waals surface area contributed by atoms with Crippen LogP contribution in [0.25, 0.3) is 0 Å². The number of ether oxygens (including phenoxy) is 1. The summed E-state index contributed by atoms with van der Waals surface area (Å²) in [6.07, 6.45) is 0. The van der Waals surface area contributed by atoms with Gasteiger partial charge < -0.3 is 15.4 Å². The number of carbonyl (C=O) groups excluding carboxylic acids is 1. The van der Waals surface area contributed by atoms with Crippen LogP contribution in [0.5, 0.6) is 5.75 Å². The van der Waals surface area contributed by atoms with E-state index in [0.29, 0.717) is 40.8 Å². The molecule has 1 aromatic heterocycles. The molecule has 148 valence electrons. The van der Waals surface area contributed by atoms with Crippen molar-refractivity contribution >= 4 is 17.5 Å². The third kappa shape index (κ3) is 3.54. The van der Waals surface area contributed by atoms with Gasteiger partial charge in [0.2, 0.25) is 5.95 Å². The quantitative estimate of drug-likeness (QED) is 0.691. The Bertz CT molecular complexity index is 1080. The molecule has 0 aliphatic carbocycles. The summed E-state index contributed by atoms with van der Waals surface area (Å²) in [4.78, 5) is 13.3. The minimum absolute atomic E-state index is 0.336. The smallest absolute Gasteiger partial charge is 0.255 e.